The van der Waals surface area contributed by atoms with E-state index < -0.39 is 41.5 Å². The molecule has 152 valence electrons. The second-order valence-corrected chi connectivity index (χ2v) is 6.78. The highest BCUT2D eigenvalue weighted by atomic mass is 19.3. The van der Waals surface area contributed by atoms with Crippen molar-refractivity contribution in [3.05, 3.63) is 58.8 Å². The molecule has 2 atom stereocenters. The summed E-state index contributed by atoms with van der Waals surface area (Å²) in [5, 5.41) is 14.7. The van der Waals surface area contributed by atoms with Crippen LogP contribution in [-0.4, -0.2) is 28.7 Å². The smallest absolute Gasteiger partial charge is 0.586 e. The van der Waals surface area contributed by atoms with Crippen LogP contribution in [0.5, 0.6) is 11.5 Å². The average Bonchev–Trinajstić information content (AvgIpc) is 3.12. The van der Waals surface area contributed by atoms with Gasteiger partial charge >= 0.3 is 6.29 Å². The summed E-state index contributed by atoms with van der Waals surface area (Å²) in [5.41, 5.74) is 0.317. The van der Waals surface area contributed by atoms with Gasteiger partial charge in [0.1, 0.15) is 0 Å². The van der Waals surface area contributed by atoms with Gasteiger partial charge in [-0.15, -0.1) is 8.78 Å². The fourth-order valence-electron chi connectivity index (χ4n) is 3.51. The van der Waals surface area contributed by atoms with Crippen molar-refractivity contribution in [3.63, 3.8) is 0 Å². The first-order valence-electron chi connectivity index (χ1n) is 8.60. The third-order valence-electron chi connectivity index (χ3n) is 4.86. The summed E-state index contributed by atoms with van der Waals surface area (Å²) < 4.78 is 63.0. The molecule has 0 aromatic heterocycles. The first-order chi connectivity index (χ1) is 13.7. The molecule has 2 aliphatic rings. The lowest BCUT2D eigenvalue weighted by molar-refractivity contribution is -0.479. The molecule has 0 saturated carbocycles. The number of hydroxylamine groups is 1. The van der Waals surface area contributed by atoms with Crippen molar-refractivity contribution in [1.29, 1.82) is 0 Å². The summed E-state index contributed by atoms with van der Waals surface area (Å²) in [7, 11) is 0. The minimum atomic E-state index is -3.80. The van der Waals surface area contributed by atoms with Gasteiger partial charge in [0.15, 0.2) is 28.8 Å². The summed E-state index contributed by atoms with van der Waals surface area (Å²) in [6.45, 7) is 1.52. The van der Waals surface area contributed by atoms with E-state index in [-0.39, 0.29) is 17.9 Å². The molecule has 0 saturated heterocycles. The van der Waals surface area contributed by atoms with Crippen LogP contribution in [0.1, 0.15) is 24.8 Å². The van der Waals surface area contributed by atoms with Crippen molar-refractivity contribution < 1.29 is 36.6 Å². The maximum Gasteiger partial charge on any atom is 0.586 e. The molecule has 10 heteroatoms. The molecule has 0 fully saturated rings. The topological polar surface area (TPSA) is 73.6 Å². The van der Waals surface area contributed by atoms with Crippen LogP contribution in [-0.2, 0) is 4.79 Å². The lowest BCUT2D eigenvalue weighted by Crippen LogP contribution is -2.37. The minimum Gasteiger partial charge on any atom is -0.623 e. The number of anilines is 1. The van der Waals surface area contributed by atoms with Gasteiger partial charge in [0, 0.05) is 13.3 Å². The van der Waals surface area contributed by atoms with Gasteiger partial charge in [-0.25, -0.2) is 13.5 Å². The van der Waals surface area contributed by atoms with Gasteiger partial charge in [0.05, 0.1) is 11.6 Å². The Hall–Kier alpha value is -3.30. The standard InChI is InChI=1S/C19H14F4N2O4/c1-9-7-11(10-5-6-14-15(8-10)29-19(22,23)28-14)17(25(9)27)18(26)24-13-4-2-3-12(20)16(13)21/h2-6,8,11,17H,7H2,1H3,(H,24,26)/t11-,17+/m1/s1. The molecule has 29 heavy (non-hydrogen) atoms. The lowest BCUT2D eigenvalue weighted by Gasteiger charge is -2.19. The number of amides is 1. The van der Waals surface area contributed by atoms with E-state index >= 15 is 0 Å². The molecular weight excluding hydrogens is 396 g/mol. The van der Waals surface area contributed by atoms with Gasteiger partial charge in [-0.1, -0.05) is 12.1 Å². The highest BCUT2D eigenvalue weighted by molar-refractivity contribution is 5.97. The number of carbonyl (C=O) groups excluding carboxylic acids is 1. The first kappa shape index (κ1) is 19.0. The van der Waals surface area contributed by atoms with Crippen LogP contribution in [0, 0.1) is 16.8 Å². The van der Waals surface area contributed by atoms with E-state index in [9.17, 15) is 27.6 Å². The van der Waals surface area contributed by atoms with Gasteiger partial charge in [0.25, 0.3) is 5.91 Å². The van der Waals surface area contributed by atoms with E-state index in [4.69, 9.17) is 0 Å². The second kappa shape index (κ2) is 6.64. The Morgan fingerprint density at radius 1 is 1.21 bits per heavy atom. The molecule has 0 radical (unpaired) electrons. The molecule has 1 N–H and O–H groups in total. The molecule has 2 aromatic carbocycles. The quantitative estimate of drug-likeness (QED) is 0.475. The molecule has 2 heterocycles. The Labute approximate surface area is 161 Å². The highest BCUT2D eigenvalue weighted by Gasteiger charge is 2.47. The Morgan fingerprint density at radius 3 is 2.69 bits per heavy atom. The zero-order chi connectivity index (χ0) is 20.9. The van der Waals surface area contributed by atoms with Crippen LogP contribution in [0.15, 0.2) is 36.4 Å². The molecule has 0 spiro atoms. The summed E-state index contributed by atoms with van der Waals surface area (Å²) >= 11 is 0. The van der Waals surface area contributed by atoms with Crippen molar-refractivity contribution in [2.75, 3.05) is 5.32 Å². The van der Waals surface area contributed by atoms with Crippen molar-refractivity contribution in [2.24, 2.45) is 0 Å². The predicted molar refractivity (Wildman–Crippen MR) is 93.1 cm³/mol. The zero-order valence-corrected chi connectivity index (χ0v) is 14.9. The van der Waals surface area contributed by atoms with E-state index in [1.807, 2.05) is 0 Å². The van der Waals surface area contributed by atoms with Crippen molar-refractivity contribution in [2.45, 2.75) is 31.6 Å². The maximum absolute atomic E-state index is 13.9. The van der Waals surface area contributed by atoms with Crippen LogP contribution in [0.25, 0.3) is 0 Å². The molecule has 6 nitrogen and oxygen atoms in total. The number of nitrogens with one attached hydrogen (secondary N) is 1. The summed E-state index contributed by atoms with van der Waals surface area (Å²) in [6.07, 6.45) is -3.63. The maximum atomic E-state index is 13.9. The van der Waals surface area contributed by atoms with Crippen molar-refractivity contribution >= 4 is 17.3 Å². The molecule has 2 aromatic rings. The van der Waals surface area contributed by atoms with E-state index in [1.165, 1.54) is 31.2 Å². The van der Waals surface area contributed by atoms with Crippen LogP contribution in [0.4, 0.5) is 23.2 Å². The Morgan fingerprint density at radius 2 is 1.93 bits per heavy atom. The fourth-order valence-corrected chi connectivity index (χ4v) is 3.51. The molecule has 1 amide bonds. The minimum absolute atomic E-state index is 0.167. The third kappa shape index (κ3) is 3.34. The SMILES string of the molecule is CC1=[N+]([O-])[C@H](C(=O)Nc2cccc(F)c2F)[C@@H](c2ccc3c(c2)OC(F)(F)O3)C1. The summed E-state index contributed by atoms with van der Waals surface area (Å²) in [6, 6.07) is 5.94. The van der Waals surface area contributed by atoms with Gasteiger partial charge < -0.3 is 20.0 Å². The van der Waals surface area contributed by atoms with Gasteiger partial charge in [0.2, 0.25) is 6.04 Å². The third-order valence-corrected chi connectivity index (χ3v) is 4.86. The number of rotatable bonds is 3. The number of ether oxygens (including phenoxy) is 2. The van der Waals surface area contributed by atoms with E-state index in [1.54, 1.807) is 0 Å². The summed E-state index contributed by atoms with van der Waals surface area (Å²) in [4.78, 5) is 12.7. The fraction of sp³-hybridized carbons (Fsp3) is 0.263. The number of nitrogens with zero attached hydrogens (tertiary/aromatic N) is 1. The van der Waals surface area contributed by atoms with Crippen molar-refractivity contribution in [1.82, 2.24) is 0 Å². The molecule has 0 unspecified atom stereocenters. The Balaban J connectivity index is 1.63. The summed E-state index contributed by atoms with van der Waals surface area (Å²) in [5.74, 6) is -4.35. The van der Waals surface area contributed by atoms with Crippen LogP contribution in [0.2, 0.25) is 0 Å². The van der Waals surface area contributed by atoms with Gasteiger partial charge in [-0.3, -0.25) is 4.79 Å². The molecule has 0 bridgehead atoms. The highest BCUT2D eigenvalue weighted by Crippen LogP contribution is 2.44. The molecule has 4 rings (SSSR count). The first-order valence-corrected chi connectivity index (χ1v) is 8.60. The predicted octanol–water partition coefficient (Wildman–Crippen LogP) is 3.75. The molecule has 2 aliphatic heterocycles. The van der Waals surface area contributed by atoms with E-state index in [0.717, 1.165) is 12.1 Å². The van der Waals surface area contributed by atoms with E-state index in [0.29, 0.717) is 16.0 Å². The van der Waals surface area contributed by atoms with Gasteiger partial charge in [-0.05, 0) is 29.8 Å². The van der Waals surface area contributed by atoms with E-state index in [2.05, 4.69) is 14.8 Å². The zero-order valence-electron chi connectivity index (χ0n) is 14.9. The number of halogens is 4. The second-order valence-electron chi connectivity index (χ2n) is 6.78. The number of carbonyl (C=O) groups is 1. The van der Waals surface area contributed by atoms with Crippen LogP contribution in [0.3, 0.4) is 0 Å². The van der Waals surface area contributed by atoms with Crippen LogP contribution >= 0.6 is 0 Å². The normalized spacial score (nSPS) is 22.1. The van der Waals surface area contributed by atoms with Gasteiger partial charge in [-0.2, -0.15) is 0 Å². The monoisotopic (exact) mass is 410 g/mol. The number of benzene rings is 2. The Bertz CT molecular complexity index is 1040. The molecule has 0 aliphatic carbocycles. The largest absolute Gasteiger partial charge is 0.623 e. The van der Waals surface area contributed by atoms with Crippen molar-refractivity contribution in [3.8, 4) is 11.5 Å². The lowest BCUT2D eigenvalue weighted by atomic mass is 9.89. The average molecular weight is 410 g/mol. The van der Waals surface area contributed by atoms with Crippen LogP contribution < -0.4 is 14.8 Å². The Kier molecular flexibility index (Phi) is 4.36. The number of hydrogen-bond donors (Lipinski definition) is 1. The number of hydrogen-bond acceptors (Lipinski definition) is 4. The molecular formula is C19H14F4N2O4. The number of alkyl halides is 2. The number of fused-ring (bicyclic) bond motifs is 1.